The number of H-pyrrole nitrogens is 1. The third-order valence-corrected chi connectivity index (χ3v) is 4.29. The number of β-amino-alcohol motifs (C(OH)–C–C–N with tert-alkyl or cyclic N) is 1. The van der Waals surface area contributed by atoms with E-state index in [0.717, 1.165) is 16.8 Å². The van der Waals surface area contributed by atoms with Gasteiger partial charge in [0.15, 0.2) is 5.82 Å². The van der Waals surface area contributed by atoms with Gasteiger partial charge in [0.1, 0.15) is 24.2 Å². The number of aromatic nitrogens is 2. The van der Waals surface area contributed by atoms with Gasteiger partial charge in [0.05, 0.1) is 29.6 Å². The molecule has 3 aromatic rings. The number of pyridine rings is 1. The van der Waals surface area contributed by atoms with Crippen LogP contribution in [0.3, 0.4) is 0 Å². The summed E-state index contributed by atoms with van der Waals surface area (Å²) in [6, 6.07) is 4.58. The van der Waals surface area contributed by atoms with Crippen LogP contribution in [0.4, 0.5) is 20.2 Å². The molecule has 7 nitrogen and oxygen atoms in total. The van der Waals surface area contributed by atoms with E-state index in [9.17, 15) is 18.7 Å². The van der Waals surface area contributed by atoms with Crippen LogP contribution >= 0.6 is 0 Å². The quantitative estimate of drug-likeness (QED) is 0.620. The molecule has 1 atom stereocenters. The van der Waals surface area contributed by atoms with E-state index in [1.165, 1.54) is 18.3 Å². The molecule has 0 aliphatic carbocycles. The number of carbonyl (C=O) groups excluding carboxylic acids is 1. The minimum absolute atomic E-state index is 0.0166. The second kappa shape index (κ2) is 8.54. The Hall–Kier alpha value is -3.04. The number of benzene rings is 1. The number of hydroxylamine groups is 2. The number of aliphatic hydroxyl groups excluding tert-OH is 1. The van der Waals surface area contributed by atoms with E-state index in [4.69, 9.17) is 4.84 Å². The highest BCUT2D eigenvalue weighted by Crippen LogP contribution is 2.33. The van der Waals surface area contributed by atoms with Crippen molar-refractivity contribution in [3.05, 3.63) is 53.5 Å². The summed E-state index contributed by atoms with van der Waals surface area (Å²) in [6.45, 7) is 5.72. The van der Waals surface area contributed by atoms with E-state index in [-0.39, 0.29) is 41.1 Å². The number of halogens is 2. The second-order valence-corrected chi connectivity index (χ2v) is 6.34. The van der Waals surface area contributed by atoms with Crippen LogP contribution in [0.1, 0.15) is 29.9 Å². The van der Waals surface area contributed by atoms with Crippen LogP contribution in [0.25, 0.3) is 10.9 Å². The fourth-order valence-corrected chi connectivity index (χ4v) is 2.96. The maximum atomic E-state index is 14.3. The molecular weight excluding hydrogens is 382 g/mol. The van der Waals surface area contributed by atoms with Crippen molar-refractivity contribution in [3.63, 3.8) is 0 Å². The van der Waals surface area contributed by atoms with E-state index >= 15 is 0 Å². The summed E-state index contributed by atoms with van der Waals surface area (Å²) >= 11 is 0. The molecule has 29 heavy (non-hydrogen) atoms. The Labute approximate surface area is 166 Å². The maximum Gasteiger partial charge on any atom is 0.296 e. The lowest BCUT2D eigenvalue weighted by Crippen LogP contribution is -2.29. The molecule has 0 spiro atoms. The average Bonchev–Trinajstić information content (AvgIpc) is 3.30. The third kappa shape index (κ3) is 4.06. The van der Waals surface area contributed by atoms with Crippen LogP contribution in [0.15, 0.2) is 30.6 Å². The zero-order chi connectivity index (χ0) is 21.1. The Balaban J connectivity index is 0.00000117. The number of nitrogens with zero attached hydrogens (tertiary/aromatic N) is 2. The summed E-state index contributed by atoms with van der Waals surface area (Å²) in [7, 11) is 0. The van der Waals surface area contributed by atoms with Crippen molar-refractivity contribution < 1.29 is 23.5 Å². The molecule has 9 heteroatoms. The van der Waals surface area contributed by atoms with Crippen LogP contribution in [0.5, 0.6) is 0 Å². The number of aliphatic hydroxyl groups is 1. The molecule has 1 amide bonds. The zero-order valence-corrected chi connectivity index (χ0v) is 16.3. The molecule has 3 N–H and O–H groups in total. The molecule has 0 radical (unpaired) electrons. The summed E-state index contributed by atoms with van der Waals surface area (Å²) in [5.74, 6) is -1.78. The number of amides is 1. The fourth-order valence-electron chi connectivity index (χ4n) is 2.96. The van der Waals surface area contributed by atoms with Gasteiger partial charge in [-0.2, -0.15) is 0 Å². The Morgan fingerprint density at radius 3 is 2.72 bits per heavy atom. The number of hydrogen-bond donors (Lipinski definition) is 3. The number of fused-ring (bicyclic) bond motifs is 1. The summed E-state index contributed by atoms with van der Waals surface area (Å²) in [6.07, 6.45) is 1.59. The number of hydrogen-bond acceptors (Lipinski definition) is 5. The molecular formula is C20H22F2N4O3. The van der Waals surface area contributed by atoms with Crippen LogP contribution < -0.4 is 5.32 Å². The summed E-state index contributed by atoms with van der Waals surface area (Å²) in [4.78, 5) is 24.5. The van der Waals surface area contributed by atoms with Crippen molar-refractivity contribution in [2.75, 3.05) is 18.5 Å². The normalized spacial score (nSPS) is 15.9. The van der Waals surface area contributed by atoms with Gasteiger partial charge in [-0.15, -0.1) is 0 Å². The summed E-state index contributed by atoms with van der Waals surface area (Å²) < 4.78 is 28.5. The van der Waals surface area contributed by atoms with E-state index in [2.05, 4.69) is 15.3 Å². The third-order valence-electron chi connectivity index (χ3n) is 4.29. The first-order chi connectivity index (χ1) is 13.9. The van der Waals surface area contributed by atoms with Gasteiger partial charge in [0.25, 0.3) is 5.91 Å². The predicted molar refractivity (Wildman–Crippen MR) is 105 cm³/mol. The van der Waals surface area contributed by atoms with Crippen molar-refractivity contribution in [3.8, 4) is 0 Å². The fraction of sp³-hybridized carbons (Fsp3) is 0.300. The number of anilines is 2. The number of nitrogens with one attached hydrogen (secondary N) is 2. The molecule has 1 fully saturated rings. The molecule has 3 heterocycles. The van der Waals surface area contributed by atoms with E-state index in [1.807, 2.05) is 13.8 Å². The standard InChI is InChI=1S/C18H16F2N4O3.C2H6/c1-9-2-3-14(12(19)4-9)22-16-11-5-21-6-13(20)15(11)23-17(16)18(26)24-7-10(25)8-27-24;1-2/h2-6,10,22-23,25H,7-8H2,1H3;1-2H3. The molecule has 1 unspecified atom stereocenters. The Kier molecular flexibility index (Phi) is 6.09. The predicted octanol–water partition coefficient (Wildman–Crippen LogP) is 3.67. The highest BCUT2D eigenvalue weighted by atomic mass is 19.1. The van der Waals surface area contributed by atoms with Crippen molar-refractivity contribution in [1.29, 1.82) is 0 Å². The molecule has 1 aliphatic heterocycles. The average molecular weight is 404 g/mol. The van der Waals surface area contributed by atoms with Gasteiger partial charge in [-0.1, -0.05) is 19.9 Å². The Morgan fingerprint density at radius 1 is 1.31 bits per heavy atom. The second-order valence-electron chi connectivity index (χ2n) is 6.34. The first-order valence-electron chi connectivity index (χ1n) is 9.25. The van der Waals surface area contributed by atoms with Crippen molar-refractivity contribution in [2.45, 2.75) is 26.9 Å². The highest BCUT2D eigenvalue weighted by Gasteiger charge is 2.31. The zero-order valence-electron chi connectivity index (χ0n) is 16.3. The van der Waals surface area contributed by atoms with Gasteiger partial charge in [-0.3, -0.25) is 14.6 Å². The summed E-state index contributed by atoms with van der Waals surface area (Å²) in [5, 5.41) is 13.7. The number of carbonyl (C=O) groups is 1. The van der Waals surface area contributed by atoms with Crippen LogP contribution in [-0.2, 0) is 4.84 Å². The smallest absolute Gasteiger partial charge is 0.296 e. The SMILES string of the molecule is CC.Cc1ccc(Nc2c(C(=O)N3CC(O)CO3)[nH]c3c(F)cncc23)c(F)c1. The Morgan fingerprint density at radius 2 is 2.07 bits per heavy atom. The first kappa shape index (κ1) is 20.7. The number of aromatic amines is 1. The van der Waals surface area contributed by atoms with Crippen molar-refractivity contribution in [2.24, 2.45) is 0 Å². The van der Waals surface area contributed by atoms with Crippen molar-refractivity contribution in [1.82, 2.24) is 15.0 Å². The topological polar surface area (TPSA) is 90.5 Å². The van der Waals surface area contributed by atoms with E-state index in [1.54, 1.807) is 13.0 Å². The lowest BCUT2D eigenvalue weighted by atomic mass is 10.2. The van der Waals surface area contributed by atoms with Crippen LogP contribution in [0, 0.1) is 18.6 Å². The largest absolute Gasteiger partial charge is 0.389 e. The minimum atomic E-state index is -0.803. The van der Waals surface area contributed by atoms with Crippen LogP contribution in [-0.4, -0.2) is 45.3 Å². The molecule has 1 aliphatic rings. The number of aryl methyl sites for hydroxylation is 1. The monoisotopic (exact) mass is 404 g/mol. The molecule has 1 aromatic carbocycles. The van der Waals surface area contributed by atoms with Gasteiger partial charge < -0.3 is 15.4 Å². The van der Waals surface area contributed by atoms with Crippen LogP contribution in [0.2, 0.25) is 0 Å². The molecule has 0 bridgehead atoms. The highest BCUT2D eigenvalue weighted by molar-refractivity contribution is 6.08. The van der Waals surface area contributed by atoms with Gasteiger partial charge in [0, 0.05) is 11.6 Å². The van der Waals surface area contributed by atoms with Crippen molar-refractivity contribution >= 4 is 28.2 Å². The first-order valence-corrected chi connectivity index (χ1v) is 9.25. The molecule has 2 aromatic heterocycles. The molecule has 4 rings (SSSR count). The minimum Gasteiger partial charge on any atom is -0.389 e. The molecule has 154 valence electrons. The van der Waals surface area contributed by atoms with E-state index in [0.29, 0.717) is 0 Å². The lowest BCUT2D eigenvalue weighted by Gasteiger charge is -2.15. The van der Waals surface area contributed by atoms with Gasteiger partial charge >= 0.3 is 0 Å². The summed E-state index contributed by atoms with van der Waals surface area (Å²) in [5.41, 5.74) is 1.08. The molecule has 1 saturated heterocycles. The lowest BCUT2D eigenvalue weighted by molar-refractivity contribution is -0.0782. The van der Waals surface area contributed by atoms with Gasteiger partial charge in [-0.25, -0.2) is 13.8 Å². The number of rotatable bonds is 3. The van der Waals surface area contributed by atoms with Gasteiger partial charge in [-0.05, 0) is 24.6 Å². The maximum absolute atomic E-state index is 14.3. The Bertz CT molecular complexity index is 1040. The molecule has 0 saturated carbocycles. The van der Waals surface area contributed by atoms with Gasteiger partial charge in [0.2, 0.25) is 0 Å². The van der Waals surface area contributed by atoms with E-state index < -0.39 is 23.6 Å².